The minimum absolute atomic E-state index is 0.0704. The molecule has 0 saturated carbocycles. The van der Waals surface area contributed by atoms with Crippen LogP contribution >= 0.6 is 11.6 Å². The molecule has 1 aromatic carbocycles. The topological polar surface area (TPSA) is 59.2 Å². The second-order valence-electron chi connectivity index (χ2n) is 4.57. The van der Waals surface area contributed by atoms with E-state index in [9.17, 15) is 4.79 Å². The number of hydrogen-bond donors (Lipinski definition) is 0. The van der Waals surface area contributed by atoms with Gasteiger partial charge in [0.25, 0.3) is 0 Å². The van der Waals surface area contributed by atoms with Gasteiger partial charge in [-0.15, -0.1) is 10.2 Å². The van der Waals surface area contributed by atoms with Crippen LogP contribution in [-0.4, -0.2) is 23.2 Å². The van der Waals surface area contributed by atoms with E-state index in [0.717, 1.165) is 11.3 Å². The zero-order valence-corrected chi connectivity index (χ0v) is 11.8. The number of benzene rings is 1. The standard InChI is InChI=1S/C14H12ClN3O2/c1-8-16-17-14(20-8)10-7-12(19)18(2)11-6-4-3-5-9(11)13(10)15/h3-6H,7H2,1-2H3. The maximum atomic E-state index is 12.3. The Morgan fingerprint density at radius 2 is 2.05 bits per heavy atom. The molecule has 1 aliphatic rings. The highest BCUT2D eigenvalue weighted by Crippen LogP contribution is 2.39. The quantitative estimate of drug-likeness (QED) is 0.810. The molecule has 1 aromatic heterocycles. The van der Waals surface area contributed by atoms with Gasteiger partial charge in [0.1, 0.15) is 0 Å². The van der Waals surface area contributed by atoms with Gasteiger partial charge in [-0.3, -0.25) is 4.79 Å². The maximum absolute atomic E-state index is 12.3. The second-order valence-corrected chi connectivity index (χ2v) is 4.94. The van der Waals surface area contributed by atoms with Crippen molar-refractivity contribution in [1.29, 1.82) is 0 Å². The largest absolute Gasteiger partial charge is 0.421 e. The molecule has 0 unspecified atom stereocenters. The number of carbonyl (C=O) groups excluding carboxylic acids is 1. The van der Waals surface area contributed by atoms with E-state index >= 15 is 0 Å². The molecule has 102 valence electrons. The van der Waals surface area contributed by atoms with E-state index in [0.29, 0.717) is 22.4 Å². The van der Waals surface area contributed by atoms with Gasteiger partial charge in [-0.25, -0.2) is 0 Å². The molecule has 0 bridgehead atoms. The Morgan fingerprint density at radius 3 is 2.75 bits per heavy atom. The fourth-order valence-electron chi connectivity index (χ4n) is 2.18. The van der Waals surface area contributed by atoms with Crippen LogP contribution in [-0.2, 0) is 4.79 Å². The summed E-state index contributed by atoms with van der Waals surface area (Å²) in [6.45, 7) is 1.70. The molecule has 0 aliphatic carbocycles. The number of halogens is 1. The van der Waals surface area contributed by atoms with Gasteiger partial charge >= 0.3 is 0 Å². The Bertz CT molecular complexity index is 721. The highest BCUT2D eigenvalue weighted by Gasteiger charge is 2.27. The molecule has 1 aliphatic heterocycles. The summed E-state index contributed by atoms with van der Waals surface area (Å²) >= 11 is 6.47. The third kappa shape index (κ3) is 2.00. The van der Waals surface area contributed by atoms with Gasteiger partial charge in [0.15, 0.2) is 0 Å². The Kier molecular flexibility index (Phi) is 3.06. The van der Waals surface area contributed by atoms with Gasteiger partial charge in [-0.1, -0.05) is 29.8 Å². The monoisotopic (exact) mass is 289 g/mol. The molecule has 3 rings (SSSR count). The molecule has 5 nitrogen and oxygen atoms in total. The van der Waals surface area contributed by atoms with Crippen LogP contribution in [0.25, 0.3) is 10.6 Å². The number of aromatic nitrogens is 2. The number of nitrogens with zero attached hydrogens (tertiary/aromatic N) is 3. The summed E-state index contributed by atoms with van der Waals surface area (Å²) in [5.74, 6) is 0.667. The number of fused-ring (bicyclic) bond motifs is 1. The lowest BCUT2D eigenvalue weighted by Gasteiger charge is -2.17. The highest BCUT2D eigenvalue weighted by molar-refractivity contribution is 6.53. The fourth-order valence-corrected chi connectivity index (χ4v) is 2.49. The molecule has 0 radical (unpaired) electrons. The first-order chi connectivity index (χ1) is 9.58. The summed E-state index contributed by atoms with van der Waals surface area (Å²) in [5, 5.41) is 8.23. The number of aryl methyl sites for hydroxylation is 1. The number of anilines is 1. The molecule has 0 atom stereocenters. The summed E-state index contributed by atoms with van der Waals surface area (Å²) < 4.78 is 5.41. The van der Waals surface area contributed by atoms with Crippen molar-refractivity contribution in [3.8, 4) is 0 Å². The average Bonchev–Trinajstić information content (AvgIpc) is 2.85. The number of rotatable bonds is 1. The molecule has 0 fully saturated rings. The normalized spacial score (nSPS) is 15.3. The third-order valence-corrected chi connectivity index (χ3v) is 3.68. The maximum Gasteiger partial charge on any atom is 0.245 e. The van der Waals surface area contributed by atoms with Gasteiger partial charge < -0.3 is 9.32 Å². The van der Waals surface area contributed by atoms with E-state index < -0.39 is 0 Å². The molecule has 1 amide bonds. The lowest BCUT2D eigenvalue weighted by atomic mass is 10.1. The number of carbonyl (C=O) groups is 1. The van der Waals surface area contributed by atoms with Crippen LogP contribution in [0.2, 0.25) is 0 Å². The van der Waals surface area contributed by atoms with E-state index in [1.165, 1.54) is 0 Å². The zero-order chi connectivity index (χ0) is 14.3. The van der Waals surface area contributed by atoms with Crippen LogP contribution in [0.5, 0.6) is 0 Å². The molecular weight excluding hydrogens is 278 g/mol. The van der Waals surface area contributed by atoms with Crippen molar-refractivity contribution in [2.75, 3.05) is 11.9 Å². The lowest BCUT2D eigenvalue weighted by Crippen LogP contribution is -2.25. The summed E-state index contributed by atoms with van der Waals surface area (Å²) in [6, 6.07) is 7.48. The summed E-state index contributed by atoms with van der Waals surface area (Å²) in [6.07, 6.45) is 0.131. The molecule has 0 spiro atoms. The third-order valence-electron chi connectivity index (χ3n) is 3.25. The van der Waals surface area contributed by atoms with Gasteiger partial charge in [0.2, 0.25) is 17.7 Å². The number of hydrogen-bond acceptors (Lipinski definition) is 4. The molecule has 20 heavy (non-hydrogen) atoms. The molecule has 0 N–H and O–H groups in total. The smallest absolute Gasteiger partial charge is 0.245 e. The van der Waals surface area contributed by atoms with Crippen LogP contribution in [0.3, 0.4) is 0 Å². The van der Waals surface area contributed by atoms with Crippen molar-refractivity contribution in [3.63, 3.8) is 0 Å². The molecule has 0 saturated heterocycles. The van der Waals surface area contributed by atoms with E-state index in [1.54, 1.807) is 18.9 Å². The molecular formula is C14H12ClN3O2. The van der Waals surface area contributed by atoms with Crippen LogP contribution in [0.15, 0.2) is 28.7 Å². The highest BCUT2D eigenvalue weighted by atomic mass is 35.5. The van der Waals surface area contributed by atoms with E-state index in [1.807, 2.05) is 24.3 Å². The van der Waals surface area contributed by atoms with Gasteiger partial charge in [0, 0.05) is 25.1 Å². The van der Waals surface area contributed by atoms with Crippen molar-refractivity contribution in [2.24, 2.45) is 0 Å². The van der Waals surface area contributed by atoms with E-state index in [-0.39, 0.29) is 12.3 Å². The summed E-state index contributed by atoms with van der Waals surface area (Å²) in [4.78, 5) is 13.8. The Balaban J connectivity index is 2.22. The predicted molar refractivity (Wildman–Crippen MR) is 76.2 cm³/mol. The number of amides is 1. The molecule has 2 aromatic rings. The average molecular weight is 290 g/mol. The molecule has 2 heterocycles. The van der Waals surface area contributed by atoms with Crippen molar-refractivity contribution < 1.29 is 9.21 Å². The minimum Gasteiger partial charge on any atom is -0.421 e. The van der Waals surface area contributed by atoms with Gasteiger partial charge in [-0.05, 0) is 6.07 Å². The first-order valence-corrected chi connectivity index (χ1v) is 6.51. The Labute approximate surface area is 120 Å². The van der Waals surface area contributed by atoms with Crippen molar-refractivity contribution >= 4 is 33.8 Å². The summed E-state index contributed by atoms with van der Waals surface area (Å²) in [5.41, 5.74) is 2.12. The second kappa shape index (κ2) is 4.76. The van der Waals surface area contributed by atoms with Crippen molar-refractivity contribution in [2.45, 2.75) is 13.3 Å². The fraction of sp³-hybridized carbons (Fsp3) is 0.214. The minimum atomic E-state index is -0.0704. The van der Waals surface area contributed by atoms with Crippen LogP contribution in [0.1, 0.15) is 23.8 Å². The first-order valence-electron chi connectivity index (χ1n) is 6.13. The number of para-hydroxylation sites is 1. The first kappa shape index (κ1) is 12.9. The van der Waals surface area contributed by atoms with Crippen molar-refractivity contribution in [3.05, 3.63) is 41.6 Å². The predicted octanol–water partition coefficient (Wildman–Crippen LogP) is 2.85. The van der Waals surface area contributed by atoms with Crippen LogP contribution in [0.4, 0.5) is 5.69 Å². The van der Waals surface area contributed by atoms with Crippen LogP contribution in [0, 0.1) is 6.92 Å². The van der Waals surface area contributed by atoms with Crippen molar-refractivity contribution in [1.82, 2.24) is 10.2 Å². The zero-order valence-electron chi connectivity index (χ0n) is 11.1. The van der Waals surface area contributed by atoms with Gasteiger partial charge in [0.05, 0.1) is 17.1 Å². The Hall–Kier alpha value is -2.14. The van der Waals surface area contributed by atoms with E-state index in [2.05, 4.69) is 10.2 Å². The summed E-state index contributed by atoms with van der Waals surface area (Å²) in [7, 11) is 1.73. The lowest BCUT2D eigenvalue weighted by molar-refractivity contribution is -0.117. The van der Waals surface area contributed by atoms with Gasteiger partial charge in [-0.2, -0.15) is 0 Å². The van der Waals surface area contributed by atoms with Crippen LogP contribution < -0.4 is 4.90 Å². The molecule has 6 heteroatoms. The van der Waals surface area contributed by atoms with E-state index in [4.69, 9.17) is 16.0 Å². The SMILES string of the molecule is Cc1nnc(C2=C(Cl)c3ccccc3N(C)C(=O)C2)o1. The Morgan fingerprint density at radius 1 is 1.30 bits per heavy atom.